The number of carbonyl (C=O) groups is 2. The van der Waals surface area contributed by atoms with Crippen LogP contribution < -0.4 is 5.32 Å². The van der Waals surface area contributed by atoms with Crippen LogP contribution >= 0.6 is 0 Å². The summed E-state index contributed by atoms with van der Waals surface area (Å²) in [6.07, 6.45) is 4.61. The molecule has 2 aromatic carbocycles. The lowest BCUT2D eigenvalue weighted by atomic mass is 9.85. The summed E-state index contributed by atoms with van der Waals surface area (Å²) >= 11 is 0. The molecule has 0 aromatic heterocycles. The van der Waals surface area contributed by atoms with E-state index in [2.05, 4.69) is 23.5 Å². The predicted molar refractivity (Wildman–Crippen MR) is 115 cm³/mol. The molecule has 2 amide bonds. The first-order chi connectivity index (χ1) is 14.0. The van der Waals surface area contributed by atoms with Crippen LogP contribution in [0.3, 0.4) is 0 Å². The van der Waals surface area contributed by atoms with Gasteiger partial charge in [-0.3, -0.25) is 9.59 Å². The summed E-state index contributed by atoms with van der Waals surface area (Å²) in [5.41, 5.74) is 5.36. The number of carbonyl (C=O) groups excluding carboxylic acids is 2. The topological polar surface area (TPSA) is 49.4 Å². The van der Waals surface area contributed by atoms with Crippen molar-refractivity contribution in [3.8, 4) is 0 Å². The van der Waals surface area contributed by atoms with Gasteiger partial charge in [-0.1, -0.05) is 42.0 Å². The van der Waals surface area contributed by atoms with Gasteiger partial charge in [-0.25, -0.2) is 0 Å². The van der Waals surface area contributed by atoms with Crippen molar-refractivity contribution in [1.82, 2.24) is 10.2 Å². The Morgan fingerprint density at radius 3 is 2.52 bits per heavy atom. The molecule has 0 atom stereocenters. The Bertz CT molecular complexity index is 913. The first kappa shape index (κ1) is 19.7. The number of fused-ring (bicyclic) bond motifs is 1. The lowest BCUT2D eigenvalue weighted by Gasteiger charge is -2.35. The summed E-state index contributed by atoms with van der Waals surface area (Å²) in [6.45, 7) is 5.57. The average Bonchev–Trinajstić information content (AvgIpc) is 2.71. The summed E-state index contributed by atoms with van der Waals surface area (Å²) in [5.74, 6) is 0.810. The van der Waals surface area contributed by atoms with E-state index in [-0.39, 0.29) is 17.9 Å². The van der Waals surface area contributed by atoms with Gasteiger partial charge in [0.25, 0.3) is 5.91 Å². The van der Waals surface area contributed by atoms with Crippen molar-refractivity contribution in [3.05, 3.63) is 70.3 Å². The van der Waals surface area contributed by atoms with Gasteiger partial charge < -0.3 is 10.2 Å². The van der Waals surface area contributed by atoms with Crippen molar-refractivity contribution < 1.29 is 9.59 Å². The van der Waals surface area contributed by atoms with Crippen LogP contribution in [0.5, 0.6) is 0 Å². The average molecular weight is 391 g/mol. The van der Waals surface area contributed by atoms with Crippen molar-refractivity contribution in [2.45, 2.75) is 58.5 Å². The van der Waals surface area contributed by atoms with Crippen molar-refractivity contribution in [2.75, 3.05) is 6.54 Å². The molecule has 0 unspecified atom stereocenters. The number of rotatable bonds is 4. The van der Waals surface area contributed by atoms with E-state index in [9.17, 15) is 9.59 Å². The number of nitrogens with one attached hydrogen (secondary N) is 1. The molecule has 4 rings (SSSR count). The Kier molecular flexibility index (Phi) is 5.70. The second kappa shape index (κ2) is 8.40. The highest BCUT2D eigenvalue weighted by Gasteiger charge is 2.28. The van der Waals surface area contributed by atoms with Crippen LogP contribution in [0.1, 0.15) is 58.3 Å². The minimum Gasteiger partial charge on any atom is -0.349 e. The van der Waals surface area contributed by atoms with E-state index >= 15 is 0 Å². The van der Waals surface area contributed by atoms with Gasteiger partial charge in [0.05, 0.1) is 6.42 Å². The molecule has 0 radical (unpaired) electrons. The fraction of sp³-hybridized carbons (Fsp3) is 0.440. The Morgan fingerprint density at radius 2 is 1.76 bits per heavy atom. The summed E-state index contributed by atoms with van der Waals surface area (Å²) in [5, 5.41) is 3.23. The van der Waals surface area contributed by atoms with Crippen LogP contribution in [-0.2, 0) is 17.8 Å². The highest BCUT2D eigenvalue weighted by Crippen LogP contribution is 2.28. The number of nitrogens with zero attached hydrogens (tertiary/aromatic N) is 1. The van der Waals surface area contributed by atoms with E-state index in [0.29, 0.717) is 12.3 Å². The molecular formula is C25H30N2O2. The zero-order valence-electron chi connectivity index (χ0n) is 17.4. The van der Waals surface area contributed by atoms with Crippen molar-refractivity contribution in [3.63, 3.8) is 0 Å². The standard InChI is InChI=1S/C25H30N2O2/c1-17-7-8-18(2)23(13-17)25(29)26-22-11-9-19(10-12-22)15-27-16-21-6-4-3-5-20(21)14-24(27)28/h3-8,13,19,22H,9-12,14-16H2,1-2H3,(H,26,29)/t19-,22-. The Morgan fingerprint density at radius 1 is 1.03 bits per heavy atom. The van der Waals surface area contributed by atoms with Crippen molar-refractivity contribution in [2.24, 2.45) is 5.92 Å². The van der Waals surface area contributed by atoms with E-state index in [4.69, 9.17) is 0 Å². The zero-order chi connectivity index (χ0) is 20.4. The smallest absolute Gasteiger partial charge is 0.251 e. The van der Waals surface area contributed by atoms with Crippen LogP contribution in [0, 0.1) is 19.8 Å². The minimum atomic E-state index is 0.0393. The predicted octanol–water partition coefficient (Wildman–Crippen LogP) is 4.18. The first-order valence-electron chi connectivity index (χ1n) is 10.7. The van der Waals surface area contributed by atoms with Gasteiger partial charge in [-0.2, -0.15) is 0 Å². The fourth-order valence-electron chi connectivity index (χ4n) is 4.66. The maximum atomic E-state index is 12.7. The summed E-state index contributed by atoms with van der Waals surface area (Å²) < 4.78 is 0. The zero-order valence-corrected chi connectivity index (χ0v) is 17.4. The van der Waals surface area contributed by atoms with Crippen LogP contribution in [0.15, 0.2) is 42.5 Å². The lowest BCUT2D eigenvalue weighted by molar-refractivity contribution is -0.132. The van der Waals surface area contributed by atoms with Crippen molar-refractivity contribution >= 4 is 11.8 Å². The Labute approximate surface area is 173 Å². The largest absolute Gasteiger partial charge is 0.349 e. The molecule has 1 aliphatic heterocycles. The summed E-state index contributed by atoms with van der Waals surface area (Å²) in [7, 11) is 0. The number of aryl methyl sites for hydroxylation is 2. The minimum absolute atomic E-state index is 0.0393. The monoisotopic (exact) mass is 390 g/mol. The molecule has 2 aliphatic rings. The molecule has 4 heteroatoms. The number of hydrogen-bond donors (Lipinski definition) is 1. The number of amides is 2. The van der Waals surface area contributed by atoms with E-state index in [1.165, 1.54) is 11.1 Å². The molecule has 0 spiro atoms. The molecule has 0 bridgehead atoms. The second-order valence-electron chi connectivity index (χ2n) is 8.73. The highest BCUT2D eigenvalue weighted by atomic mass is 16.2. The third-order valence-electron chi connectivity index (χ3n) is 6.47. The molecule has 1 aliphatic carbocycles. The molecule has 152 valence electrons. The molecule has 1 fully saturated rings. The van der Waals surface area contributed by atoms with Gasteiger partial charge in [-0.05, 0) is 68.2 Å². The molecule has 4 nitrogen and oxygen atoms in total. The molecule has 29 heavy (non-hydrogen) atoms. The van der Waals surface area contributed by atoms with Crippen LogP contribution in [0.2, 0.25) is 0 Å². The van der Waals surface area contributed by atoms with Crippen LogP contribution in [0.4, 0.5) is 0 Å². The number of benzene rings is 2. The van der Waals surface area contributed by atoms with E-state index in [1.54, 1.807) is 0 Å². The molecule has 1 saturated carbocycles. The number of hydrogen-bond acceptors (Lipinski definition) is 2. The Hall–Kier alpha value is -2.62. The second-order valence-corrected chi connectivity index (χ2v) is 8.73. The summed E-state index contributed by atoms with van der Waals surface area (Å²) in [6, 6.07) is 14.5. The highest BCUT2D eigenvalue weighted by molar-refractivity contribution is 5.96. The van der Waals surface area contributed by atoms with E-state index in [0.717, 1.165) is 55.5 Å². The van der Waals surface area contributed by atoms with Crippen LogP contribution in [0.25, 0.3) is 0 Å². The van der Waals surface area contributed by atoms with Gasteiger partial charge in [0.15, 0.2) is 0 Å². The van der Waals surface area contributed by atoms with Gasteiger partial charge >= 0.3 is 0 Å². The first-order valence-corrected chi connectivity index (χ1v) is 10.7. The van der Waals surface area contributed by atoms with Crippen molar-refractivity contribution in [1.29, 1.82) is 0 Å². The fourth-order valence-corrected chi connectivity index (χ4v) is 4.66. The van der Waals surface area contributed by atoms with Gasteiger partial charge in [0, 0.05) is 24.7 Å². The molecule has 2 aromatic rings. The van der Waals surface area contributed by atoms with E-state index in [1.807, 2.05) is 43.0 Å². The third kappa shape index (κ3) is 4.52. The summed E-state index contributed by atoms with van der Waals surface area (Å²) in [4.78, 5) is 27.2. The van der Waals surface area contributed by atoms with Crippen LogP contribution in [-0.4, -0.2) is 29.3 Å². The maximum Gasteiger partial charge on any atom is 0.251 e. The molecule has 1 N–H and O–H groups in total. The molecule has 1 heterocycles. The Balaban J connectivity index is 1.29. The van der Waals surface area contributed by atoms with Gasteiger partial charge in [0.2, 0.25) is 5.91 Å². The van der Waals surface area contributed by atoms with E-state index < -0.39 is 0 Å². The maximum absolute atomic E-state index is 12.7. The molecular weight excluding hydrogens is 360 g/mol. The SMILES string of the molecule is Cc1ccc(C)c(C(=O)N[C@H]2CC[C@H](CN3Cc4ccccc4CC3=O)CC2)c1. The third-order valence-corrected chi connectivity index (χ3v) is 6.47. The lowest BCUT2D eigenvalue weighted by Crippen LogP contribution is -2.42. The van der Waals surface area contributed by atoms with Gasteiger partial charge in [-0.15, -0.1) is 0 Å². The molecule has 0 saturated heterocycles. The normalized spacial score (nSPS) is 21.6. The van der Waals surface area contributed by atoms with Gasteiger partial charge in [0.1, 0.15) is 0 Å². The quantitative estimate of drug-likeness (QED) is 0.851.